The van der Waals surface area contributed by atoms with E-state index in [1.54, 1.807) is 0 Å². The fourth-order valence-corrected chi connectivity index (χ4v) is 3.32. The highest BCUT2D eigenvalue weighted by Gasteiger charge is 2.21. The third-order valence-electron chi connectivity index (χ3n) is 4.94. The summed E-state index contributed by atoms with van der Waals surface area (Å²) in [6, 6.07) is 12.7. The zero-order valence-corrected chi connectivity index (χ0v) is 16.9. The number of ether oxygens (including phenoxy) is 1. The van der Waals surface area contributed by atoms with Gasteiger partial charge in [-0.05, 0) is 23.3 Å². The Morgan fingerprint density at radius 1 is 0.964 bits per heavy atom. The Balaban J connectivity index is 1.40. The van der Waals surface area contributed by atoms with Crippen molar-refractivity contribution in [3.63, 3.8) is 0 Å². The second-order valence-electron chi connectivity index (χ2n) is 8.32. The molecule has 28 heavy (non-hydrogen) atoms. The quantitative estimate of drug-likeness (QED) is 0.734. The standard InChI is InChI=1S/C21H28N6O/c1-21(2,3)20-24-23-19-9-8-18(25-27(19)20)22-14-16-4-6-17(7-5-16)15-26-10-12-28-13-11-26/h4-9H,10-15H2,1-3H3,(H,22,25). The average Bonchev–Trinajstić information content (AvgIpc) is 3.12. The van der Waals surface area contributed by atoms with Gasteiger partial charge in [-0.3, -0.25) is 4.90 Å². The van der Waals surface area contributed by atoms with Gasteiger partial charge in [-0.15, -0.1) is 15.3 Å². The van der Waals surface area contributed by atoms with Crippen molar-refractivity contribution >= 4 is 11.5 Å². The molecule has 0 radical (unpaired) electrons. The second kappa shape index (κ2) is 7.85. The van der Waals surface area contributed by atoms with Crippen LogP contribution in [0.1, 0.15) is 37.7 Å². The van der Waals surface area contributed by atoms with E-state index in [1.807, 2.05) is 16.6 Å². The van der Waals surface area contributed by atoms with E-state index >= 15 is 0 Å². The molecule has 0 unspecified atom stereocenters. The number of benzene rings is 1. The van der Waals surface area contributed by atoms with Gasteiger partial charge < -0.3 is 10.1 Å². The van der Waals surface area contributed by atoms with Crippen LogP contribution in [0.5, 0.6) is 0 Å². The molecular weight excluding hydrogens is 352 g/mol. The Morgan fingerprint density at radius 3 is 2.39 bits per heavy atom. The number of fused-ring (bicyclic) bond motifs is 1. The fraction of sp³-hybridized carbons (Fsp3) is 0.476. The topological polar surface area (TPSA) is 67.6 Å². The van der Waals surface area contributed by atoms with E-state index in [0.717, 1.165) is 56.7 Å². The third-order valence-corrected chi connectivity index (χ3v) is 4.94. The van der Waals surface area contributed by atoms with Crippen LogP contribution in [0.2, 0.25) is 0 Å². The van der Waals surface area contributed by atoms with Gasteiger partial charge in [0.2, 0.25) is 0 Å². The maximum Gasteiger partial charge on any atom is 0.178 e. The first-order valence-electron chi connectivity index (χ1n) is 9.84. The number of anilines is 1. The number of nitrogens with zero attached hydrogens (tertiary/aromatic N) is 5. The van der Waals surface area contributed by atoms with Gasteiger partial charge in [-0.25, -0.2) is 0 Å². The minimum absolute atomic E-state index is 0.110. The van der Waals surface area contributed by atoms with Crippen LogP contribution in [0, 0.1) is 0 Å². The highest BCUT2D eigenvalue weighted by molar-refractivity contribution is 5.45. The predicted octanol–water partition coefficient (Wildman–Crippen LogP) is 2.87. The Hall–Kier alpha value is -2.51. The van der Waals surface area contributed by atoms with Gasteiger partial charge >= 0.3 is 0 Å². The van der Waals surface area contributed by atoms with Gasteiger partial charge in [0.25, 0.3) is 0 Å². The summed E-state index contributed by atoms with van der Waals surface area (Å²) < 4.78 is 7.24. The maximum absolute atomic E-state index is 5.41. The highest BCUT2D eigenvalue weighted by atomic mass is 16.5. The van der Waals surface area contributed by atoms with Crippen molar-refractivity contribution in [3.05, 3.63) is 53.3 Å². The summed E-state index contributed by atoms with van der Waals surface area (Å²) in [6.07, 6.45) is 0. The van der Waals surface area contributed by atoms with Crippen molar-refractivity contribution in [2.45, 2.75) is 39.3 Å². The van der Waals surface area contributed by atoms with Gasteiger partial charge in [0.05, 0.1) is 13.2 Å². The van der Waals surface area contributed by atoms with Gasteiger partial charge in [-0.1, -0.05) is 45.0 Å². The fourth-order valence-electron chi connectivity index (χ4n) is 3.32. The Morgan fingerprint density at radius 2 is 1.68 bits per heavy atom. The third kappa shape index (κ3) is 4.31. The second-order valence-corrected chi connectivity index (χ2v) is 8.32. The molecule has 4 rings (SSSR count). The van der Waals surface area contributed by atoms with E-state index in [-0.39, 0.29) is 5.41 Å². The molecule has 7 heteroatoms. The molecule has 148 valence electrons. The lowest BCUT2D eigenvalue weighted by atomic mass is 9.96. The first-order valence-corrected chi connectivity index (χ1v) is 9.84. The van der Waals surface area contributed by atoms with Crippen LogP contribution < -0.4 is 5.32 Å². The molecule has 1 saturated heterocycles. The molecule has 0 bridgehead atoms. The van der Waals surface area contributed by atoms with Crippen LogP contribution in [0.3, 0.4) is 0 Å². The van der Waals surface area contributed by atoms with Crippen LogP contribution in [0.4, 0.5) is 5.82 Å². The van der Waals surface area contributed by atoms with Gasteiger partial charge in [0, 0.05) is 31.6 Å². The van der Waals surface area contributed by atoms with Crippen LogP contribution in [-0.2, 0) is 23.2 Å². The first kappa shape index (κ1) is 18.8. The molecule has 1 fully saturated rings. The molecule has 2 aromatic heterocycles. The molecule has 0 aliphatic carbocycles. The molecular formula is C21H28N6O. The zero-order chi connectivity index (χ0) is 19.6. The summed E-state index contributed by atoms with van der Waals surface area (Å²) >= 11 is 0. The van der Waals surface area contributed by atoms with E-state index in [9.17, 15) is 0 Å². The largest absolute Gasteiger partial charge is 0.379 e. The van der Waals surface area contributed by atoms with Crippen LogP contribution >= 0.6 is 0 Å². The van der Waals surface area contributed by atoms with Crippen molar-refractivity contribution in [2.75, 3.05) is 31.6 Å². The Kier molecular flexibility index (Phi) is 5.28. The SMILES string of the molecule is CC(C)(C)c1nnc2ccc(NCc3ccc(CN4CCOCC4)cc3)nn12. The first-order chi connectivity index (χ1) is 13.5. The van der Waals surface area contributed by atoms with E-state index in [1.165, 1.54) is 11.1 Å². The van der Waals surface area contributed by atoms with Crippen molar-refractivity contribution in [1.29, 1.82) is 0 Å². The molecule has 0 saturated carbocycles. The molecule has 1 N–H and O–H groups in total. The summed E-state index contributed by atoms with van der Waals surface area (Å²) in [5.41, 5.74) is 3.22. The number of hydrogen-bond donors (Lipinski definition) is 1. The van der Waals surface area contributed by atoms with Crippen LogP contribution in [0.25, 0.3) is 5.65 Å². The van der Waals surface area contributed by atoms with Crippen molar-refractivity contribution in [1.82, 2.24) is 24.7 Å². The lowest BCUT2D eigenvalue weighted by Crippen LogP contribution is -2.35. The van der Waals surface area contributed by atoms with Gasteiger partial charge in [-0.2, -0.15) is 4.52 Å². The van der Waals surface area contributed by atoms with Gasteiger partial charge in [0.1, 0.15) is 5.82 Å². The lowest BCUT2D eigenvalue weighted by Gasteiger charge is -2.26. The smallest absolute Gasteiger partial charge is 0.178 e. The molecule has 0 spiro atoms. The van der Waals surface area contributed by atoms with E-state index in [4.69, 9.17) is 4.74 Å². The number of morpholine rings is 1. The Bertz CT molecular complexity index is 922. The Labute approximate surface area is 165 Å². The summed E-state index contributed by atoms with van der Waals surface area (Å²) in [7, 11) is 0. The van der Waals surface area contributed by atoms with E-state index in [0.29, 0.717) is 0 Å². The summed E-state index contributed by atoms with van der Waals surface area (Å²) in [5, 5.41) is 16.6. The van der Waals surface area contributed by atoms with Crippen molar-refractivity contribution in [3.8, 4) is 0 Å². The molecule has 0 atom stereocenters. The monoisotopic (exact) mass is 380 g/mol. The van der Waals surface area contributed by atoms with Gasteiger partial charge in [0.15, 0.2) is 11.5 Å². The summed E-state index contributed by atoms with van der Waals surface area (Å²) in [5.74, 6) is 1.67. The van der Waals surface area contributed by atoms with E-state index < -0.39 is 0 Å². The highest BCUT2D eigenvalue weighted by Crippen LogP contribution is 2.21. The lowest BCUT2D eigenvalue weighted by molar-refractivity contribution is 0.0342. The van der Waals surface area contributed by atoms with Crippen LogP contribution in [0.15, 0.2) is 36.4 Å². The summed E-state index contributed by atoms with van der Waals surface area (Å²) in [4.78, 5) is 2.43. The molecule has 7 nitrogen and oxygen atoms in total. The van der Waals surface area contributed by atoms with Crippen LogP contribution in [-0.4, -0.2) is 51.0 Å². The molecule has 0 amide bonds. The van der Waals surface area contributed by atoms with E-state index in [2.05, 4.69) is 70.5 Å². The average molecular weight is 380 g/mol. The number of rotatable bonds is 5. The summed E-state index contributed by atoms with van der Waals surface area (Å²) in [6.45, 7) is 11.7. The molecule has 1 aromatic carbocycles. The molecule has 3 aromatic rings. The molecule has 1 aliphatic heterocycles. The normalized spacial score (nSPS) is 15.8. The van der Waals surface area contributed by atoms with Crippen molar-refractivity contribution < 1.29 is 4.74 Å². The minimum Gasteiger partial charge on any atom is -0.379 e. The number of hydrogen-bond acceptors (Lipinski definition) is 6. The zero-order valence-electron chi connectivity index (χ0n) is 16.9. The molecule has 3 heterocycles. The predicted molar refractivity (Wildman–Crippen MR) is 109 cm³/mol. The number of aromatic nitrogens is 4. The maximum atomic E-state index is 5.41. The minimum atomic E-state index is -0.110. The van der Waals surface area contributed by atoms with Crippen molar-refractivity contribution in [2.24, 2.45) is 0 Å². The molecule has 1 aliphatic rings. The number of nitrogens with one attached hydrogen (secondary N) is 1.